The van der Waals surface area contributed by atoms with E-state index in [4.69, 9.17) is 10.8 Å². The van der Waals surface area contributed by atoms with E-state index in [0.717, 1.165) is 16.8 Å². The second kappa shape index (κ2) is 9.30. The third-order valence-corrected chi connectivity index (χ3v) is 6.53. The van der Waals surface area contributed by atoms with Crippen LogP contribution < -0.4 is 5.73 Å². The minimum Gasteiger partial charge on any atom is -0.324 e. The molecule has 0 radical (unpaired) electrons. The van der Waals surface area contributed by atoms with Gasteiger partial charge < -0.3 is 5.73 Å². The molecule has 0 aliphatic carbocycles. The van der Waals surface area contributed by atoms with Crippen LogP contribution in [0.4, 0.5) is 0 Å². The zero-order valence-corrected chi connectivity index (χ0v) is 17.6. The van der Waals surface area contributed by atoms with Gasteiger partial charge in [-0.15, -0.1) is 4.40 Å². The van der Waals surface area contributed by atoms with Crippen molar-refractivity contribution in [2.24, 2.45) is 15.2 Å². The molecule has 154 valence electrons. The van der Waals surface area contributed by atoms with E-state index < -0.39 is 10.2 Å². The molecule has 3 rings (SSSR count). The summed E-state index contributed by atoms with van der Waals surface area (Å²) in [5.74, 6) is 0.232. The van der Waals surface area contributed by atoms with E-state index in [1.165, 1.54) is 4.31 Å². The van der Waals surface area contributed by atoms with Crippen LogP contribution in [0.5, 0.6) is 0 Å². The highest BCUT2D eigenvalue weighted by atomic mass is 32.2. The quantitative estimate of drug-likeness (QED) is 0.557. The fraction of sp³-hybridized carbons (Fsp3) is 0.333. The average Bonchev–Trinajstić information content (AvgIpc) is 3.19. The molecule has 1 atom stereocenters. The topological polar surface area (TPSA) is 91.4 Å². The van der Waals surface area contributed by atoms with Crippen LogP contribution in [0.1, 0.15) is 30.9 Å². The first-order chi connectivity index (χ1) is 14.0. The zero-order chi connectivity index (χ0) is 20.9. The van der Waals surface area contributed by atoms with Gasteiger partial charge in [0, 0.05) is 19.0 Å². The molecule has 1 heterocycles. The molecule has 0 fully saturated rings. The molecule has 2 N–H and O–H groups in total. The van der Waals surface area contributed by atoms with E-state index in [1.807, 2.05) is 48.5 Å². The molecule has 1 aliphatic heterocycles. The van der Waals surface area contributed by atoms with Crippen molar-refractivity contribution in [2.45, 2.75) is 19.8 Å². The predicted octanol–water partition coefficient (Wildman–Crippen LogP) is 2.43. The highest BCUT2D eigenvalue weighted by Gasteiger charge is 2.32. The maximum absolute atomic E-state index is 12.6. The summed E-state index contributed by atoms with van der Waals surface area (Å²) in [5, 5.41) is 6.36. The Morgan fingerprint density at radius 2 is 1.69 bits per heavy atom. The molecule has 0 amide bonds. The first-order valence-corrected chi connectivity index (χ1v) is 11.1. The normalized spacial score (nSPS) is 17.7. The Hall–Kier alpha value is -2.55. The fourth-order valence-electron chi connectivity index (χ4n) is 3.41. The van der Waals surface area contributed by atoms with Gasteiger partial charge in [-0.2, -0.15) is 17.8 Å². The zero-order valence-electron chi connectivity index (χ0n) is 16.8. The van der Waals surface area contributed by atoms with Crippen molar-refractivity contribution in [1.29, 1.82) is 0 Å². The second-order valence-corrected chi connectivity index (χ2v) is 8.27. The molecular formula is C21H27N5O2S. The van der Waals surface area contributed by atoms with Gasteiger partial charge in [0.05, 0.1) is 18.8 Å². The maximum atomic E-state index is 12.6. The third kappa shape index (κ3) is 4.72. The molecule has 1 unspecified atom stereocenters. The van der Waals surface area contributed by atoms with Gasteiger partial charge in [0.15, 0.2) is 5.84 Å². The third-order valence-electron chi connectivity index (χ3n) is 4.92. The molecule has 2 aromatic rings. The summed E-state index contributed by atoms with van der Waals surface area (Å²) in [6.07, 6.45) is 0. The Labute approximate surface area is 172 Å². The molecule has 2 aromatic carbocycles. The molecule has 7 nitrogen and oxygen atoms in total. The Kier molecular flexibility index (Phi) is 6.79. The summed E-state index contributed by atoms with van der Waals surface area (Å²) in [6, 6.07) is 19.9. The molecule has 0 saturated heterocycles. The Morgan fingerprint density at radius 1 is 1.10 bits per heavy atom. The number of amidine groups is 1. The minimum absolute atomic E-state index is 0.00786. The lowest BCUT2D eigenvalue weighted by molar-refractivity contribution is 0.441. The monoisotopic (exact) mass is 413 g/mol. The molecule has 0 saturated carbocycles. The largest absolute Gasteiger partial charge is 0.324 e. The molecule has 0 spiro atoms. The predicted molar refractivity (Wildman–Crippen MR) is 117 cm³/mol. The van der Waals surface area contributed by atoms with Crippen LogP contribution in [0, 0.1) is 0 Å². The molecule has 8 heteroatoms. The number of nitrogens with two attached hydrogens (primary N) is 1. The van der Waals surface area contributed by atoms with E-state index in [2.05, 4.69) is 16.5 Å². The van der Waals surface area contributed by atoms with Gasteiger partial charge >= 0.3 is 10.2 Å². The van der Waals surface area contributed by atoms with E-state index in [9.17, 15) is 8.42 Å². The minimum atomic E-state index is -3.81. The molecule has 0 bridgehead atoms. The van der Waals surface area contributed by atoms with Gasteiger partial charge in [0.25, 0.3) is 0 Å². The standard InChI is InChI=1S/C21H27N5O2S/c1-3-25(4-2)29(27,28)24-20(15-22)26-16-19(17-11-7-5-8-12-17)21(23-26)18-13-9-6-10-14-18/h5-14,19H,3-4,15-16,22H2,1-2H3. The van der Waals surface area contributed by atoms with E-state index in [0.29, 0.717) is 19.6 Å². The van der Waals surface area contributed by atoms with E-state index in [1.54, 1.807) is 18.9 Å². The number of nitrogens with zero attached hydrogens (tertiary/aromatic N) is 4. The van der Waals surface area contributed by atoms with Gasteiger partial charge in [-0.3, -0.25) is 0 Å². The van der Waals surface area contributed by atoms with Crippen molar-refractivity contribution in [3.05, 3.63) is 71.8 Å². The number of hydrogen-bond acceptors (Lipinski definition) is 4. The highest BCUT2D eigenvalue weighted by molar-refractivity contribution is 7.87. The maximum Gasteiger partial charge on any atom is 0.324 e. The van der Waals surface area contributed by atoms with Gasteiger partial charge in [0.1, 0.15) is 0 Å². The SMILES string of the molecule is CCN(CC)S(=O)(=O)N=C(CN)N1CC(c2ccccc2)C(c2ccccc2)=N1. The van der Waals surface area contributed by atoms with Crippen LogP contribution in [0.25, 0.3) is 0 Å². The lowest BCUT2D eigenvalue weighted by Crippen LogP contribution is -2.36. The van der Waals surface area contributed by atoms with Crippen LogP contribution in [-0.4, -0.2) is 55.5 Å². The first-order valence-electron chi connectivity index (χ1n) is 9.75. The summed E-state index contributed by atoms with van der Waals surface area (Å²) in [6.45, 7) is 4.74. The van der Waals surface area contributed by atoms with Crippen LogP contribution in [0.2, 0.25) is 0 Å². The lowest BCUT2D eigenvalue weighted by atomic mass is 9.91. The van der Waals surface area contributed by atoms with E-state index >= 15 is 0 Å². The summed E-state index contributed by atoms with van der Waals surface area (Å²) >= 11 is 0. The van der Waals surface area contributed by atoms with Crippen LogP contribution in [-0.2, 0) is 10.2 Å². The summed E-state index contributed by atoms with van der Waals surface area (Å²) < 4.78 is 30.6. The molecule has 0 aromatic heterocycles. The second-order valence-electron chi connectivity index (χ2n) is 6.67. The van der Waals surface area contributed by atoms with Crippen molar-refractivity contribution in [1.82, 2.24) is 9.31 Å². The average molecular weight is 414 g/mol. The van der Waals surface area contributed by atoms with E-state index in [-0.39, 0.29) is 18.3 Å². The summed E-state index contributed by atoms with van der Waals surface area (Å²) in [4.78, 5) is 0. The van der Waals surface area contributed by atoms with Crippen molar-refractivity contribution in [2.75, 3.05) is 26.2 Å². The smallest absolute Gasteiger partial charge is 0.324 e. The van der Waals surface area contributed by atoms with Crippen molar-refractivity contribution in [3.63, 3.8) is 0 Å². The number of benzene rings is 2. The number of rotatable bonds is 7. The van der Waals surface area contributed by atoms with Gasteiger partial charge in [-0.25, -0.2) is 5.01 Å². The Bertz CT molecular complexity index is 971. The van der Waals surface area contributed by atoms with Crippen molar-refractivity contribution >= 4 is 21.8 Å². The van der Waals surface area contributed by atoms with Gasteiger partial charge in [-0.05, 0) is 11.1 Å². The van der Waals surface area contributed by atoms with Crippen molar-refractivity contribution in [3.8, 4) is 0 Å². The lowest BCUT2D eigenvalue weighted by Gasteiger charge is -2.20. The van der Waals surface area contributed by atoms with Gasteiger partial charge in [-0.1, -0.05) is 74.5 Å². The molecule has 1 aliphatic rings. The fourth-order valence-corrected chi connectivity index (χ4v) is 4.61. The first kappa shape index (κ1) is 21.2. The Morgan fingerprint density at radius 3 is 2.24 bits per heavy atom. The van der Waals surface area contributed by atoms with Crippen molar-refractivity contribution < 1.29 is 8.42 Å². The van der Waals surface area contributed by atoms with Crippen LogP contribution >= 0.6 is 0 Å². The highest BCUT2D eigenvalue weighted by Crippen LogP contribution is 2.29. The number of hydrogen-bond donors (Lipinski definition) is 1. The molecular weight excluding hydrogens is 386 g/mol. The number of hydrazone groups is 1. The Balaban J connectivity index is 2.01. The van der Waals surface area contributed by atoms with Crippen LogP contribution in [0.15, 0.2) is 70.2 Å². The molecule has 29 heavy (non-hydrogen) atoms. The van der Waals surface area contributed by atoms with Gasteiger partial charge in [0.2, 0.25) is 0 Å². The van der Waals surface area contributed by atoms with Crippen LogP contribution in [0.3, 0.4) is 0 Å². The summed E-state index contributed by atoms with van der Waals surface area (Å²) in [7, 11) is -3.81. The summed E-state index contributed by atoms with van der Waals surface area (Å²) in [5.41, 5.74) is 8.86.